The van der Waals surface area contributed by atoms with Gasteiger partial charge in [0.05, 0.1) is 0 Å². The van der Waals surface area contributed by atoms with Gasteiger partial charge < -0.3 is 0 Å². The van der Waals surface area contributed by atoms with Crippen LogP contribution in [0.25, 0.3) is 0 Å². The third-order valence-electron chi connectivity index (χ3n) is 0.507. The van der Waals surface area contributed by atoms with Crippen LogP contribution in [0, 0.1) is 0 Å². The highest BCUT2D eigenvalue weighted by atomic mass is 35.5. The lowest BCUT2D eigenvalue weighted by molar-refractivity contribution is -0.111. The summed E-state index contributed by atoms with van der Waals surface area (Å²) >= 11 is 10.2. The number of rotatable bonds is 3. The van der Waals surface area contributed by atoms with E-state index in [4.69, 9.17) is 23.2 Å². The highest BCUT2D eigenvalue weighted by molar-refractivity contribution is 6.63. The van der Waals surface area contributed by atoms with Crippen molar-refractivity contribution in [1.29, 1.82) is 0 Å². The van der Waals surface area contributed by atoms with Crippen molar-refractivity contribution in [2.24, 2.45) is 0 Å². The van der Waals surface area contributed by atoms with Gasteiger partial charge in [0.2, 0.25) is 5.24 Å². The van der Waals surface area contributed by atoms with Crippen molar-refractivity contribution >= 4 is 28.4 Å². The average Bonchev–Trinajstić information content (AvgIpc) is 1.85. The van der Waals surface area contributed by atoms with Gasteiger partial charge in [0.25, 0.3) is 0 Å². The Morgan fingerprint density at radius 1 is 1.40 bits per heavy atom. The fourth-order valence-electron chi connectivity index (χ4n) is 0.206. The van der Waals surface area contributed by atoms with Gasteiger partial charge in [0, 0.05) is 12.3 Å². The summed E-state index contributed by atoms with van der Waals surface area (Å²) < 4.78 is 0. The van der Waals surface area contributed by atoms with Gasteiger partial charge in [0.1, 0.15) is 0 Å². The molecule has 0 fully saturated rings. The van der Waals surface area contributed by atoms with Gasteiger partial charge in [0.15, 0.2) is 0 Å². The summed E-state index contributed by atoms with van der Waals surface area (Å²) in [5.74, 6) is 0.512. The Bertz CT molecular complexity index is 74.0. The summed E-state index contributed by atoms with van der Waals surface area (Å²) in [6, 6.07) is 0. The molecule has 0 saturated heterocycles. The second kappa shape index (κ2) is 12.0. The van der Waals surface area contributed by atoms with Crippen molar-refractivity contribution in [3.63, 3.8) is 0 Å². The number of halogens is 2. The zero-order valence-electron chi connectivity index (χ0n) is 6.49. The highest BCUT2D eigenvalue weighted by Gasteiger charge is 1.91. The van der Waals surface area contributed by atoms with E-state index in [-0.39, 0.29) is 5.24 Å². The third kappa shape index (κ3) is 24.0. The molecular formula is C7H14Cl2O. The quantitative estimate of drug-likeness (QED) is 0.487. The van der Waals surface area contributed by atoms with Gasteiger partial charge in [-0.15, -0.1) is 11.6 Å². The minimum absolute atomic E-state index is 0.305. The number of carbonyl (C=O) groups excluding carboxylic acids is 1. The van der Waals surface area contributed by atoms with E-state index in [2.05, 4.69) is 13.8 Å². The first-order chi connectivity index (χ1) is 4.68. The maximum absolute atomic E-state index is 9.91. The molecule has 0 N–H and O–H groups in total. The van der Waals surface area contributed by atoms with Crippen molar-refractivity contribution in [3.05, 3.63) is 0 Å². The zero-order chi connectivity index (χ0) is 8.41. The van der Waals surface area contributed by atoms with Crippen molar-refractivity contribution in [2.75, 3.05) is 5.88 Å². The first-order valence-electron chi connectivity index (χ1n) is 3.43. The lowest BCUT2D eigenvalue weighted by Gasteiger charge is -1.83. The third-order valence-corrected chi connectivity index (χ3v) is 0.963. The van der Waals surface area contributed by atoms with E-state index in [9.17, 15) is 4.79 Å². The summed E-state index contributed by atoms with van der Waals surface area (Å²) in [6.45, 7) is 4.25. The van der Waals surface area contributed by atoms with Crippen molar-refractivity contribution in [2.45, 2.75) is 33.1 Å². The van der Waals surface area contributed by atoms with Gasteiger partial charge in [-0.05, 0) is 18.0 Å². The molecule has 10 heavy (non-hydrogen) atoms. The molecule has 0 radical (unpaired) electrons. The number of hydrogen-bond acceptors (Lipinski definition) is 1. The van der Waals surface area contributed by atoms with E-state index in [1.54, 1.807) is 0 Å². The van der Waals surface area contributed by atoms with E-state index >= 15 is 0 Å². The molecule has 0 aliphatic heterocycles. The van der Waals surface area contributed by atoms with Crippen LogP contribution in [-0.4, -0.2) is 11.1 Å². The molecule has 0 amide bonds. The minimum Gasteiger partial charge on any atom is -0.281 e. The smallest absolute Gasteiger partial charge is 0.221 e. The van der Waals surface area contributed by atoms with Crippen LogP contribution in [0.4, 0.5) is 0 Å². The molecule has 62 valence electrons. The van der Waals surface area contributed by atoms with Gasteiger partial charge in [-0.1, -0.05) is 20.3 Å². The monoisotopic (exact) mass is 184 g/mol. The van der Waals surface area contributed by atoms with Crippen LogP contribution < -0.4 is 0 Å². The topological polar surface area (TPSA) is 17.1 Å². The molecule has 3 heteroatoms. The van der Waals surface area contributed by atoms with Gasteiger partial charge in [-0.3, -0.25) is 4.79 Å². The fraction of sp³-hybridized carbons (Fsp3) is 0.857. The molecule has 0 rings (SSSR count). The van der Waals surface area contributed by atoms with Crippen LogP contribution in [0.1, 0.15) is 33.1 Å². The predicted molar refractivity (Wildman–Crippen MR) is 46.8 cm³/mol. The van der Waals surface area contributed by atoms with Crippen LogP contribution in [0.2, 0.25) is 0 Å². The van der Waals surface area contributed by atoms with Crippen LogP contribution in [0.5, 0.6) is 0 Å². The summed E-state index contributed by atoms with van der Waals surface area (Å²) in [4.78, 5) is 9.91. The molecule has 0 aliphatic carbocycles. The molecule has 0 aromatic rings. The van der Waals surface area contributed by atoms with E-state index in [0.717, 1.165) is 0 Å². The lowest BCUT2D eigenvalue weighted by atomic mass is 10.4. The molecule has 0 unspecified atom stereocenters. The average molecular weight is 185 g/mol. The SMILES string of the molecule is CCC.O=C(Cl)CCCCl. The minimum atomic E-state index is -0.305. The molecule has 0 atom stereocenters. The Hall–Kier alpha value is 0.250. The Morgan fingerprint density at radius 2 is 1.80 bits per heavy atom. The summed E-state index contributed by atoms with van der Waals surface area (Å²) in [6.07, 6.45) is 2.33. The Labute approximate surface area is 72.7 Å². The molecule has 0 aromatic heterocycles. The fourth-order valence-corrected chi connectivity index (χ4v) is 0.473. The summed E-state index contributed by atoms with van der Waals surface area (Å²) in [5.41, 5.74) is 0. The zero-order valence-corrected chi connectivity index (χ0v) is 8.00. The lowest BCUT2D eigenvalue weighted by Crippen LogP contribution is -1.84. The molecule has 0 aliphatic rings. The first kappa shape index (κ1) is 12.9. The second-order valence-corrected chi connectivity index (χ2v) is 2.65. The van der Waals surface area contributed by atoms with E-state index < -0.39 is 0 Å². The predicted octanol–water partition coefficient (Wildman–Crippen LogP) is 3.19. The normalized spacial score (nSPS) is 8.00. The van der Waals surface area contributed by atoms with Crippen LogP contribution >= 0.6 is 23.2 Å². The largest absolute Gasteiger partial charge is 0.281 e. The van der Waals surface area contributed by atoms with E-state index in [1.165, 1.54) is 6.42 Å². The molecule has 1 nitrogen and oxygen atoms in total. The Balaban J connectivity index is 0. The molecule has 0 aromatic carbocycles. The van der Waals surface area contributed by atoms with Crippen molar-refractivity contribution < 1.29 is 4.79 Å². The molecule has 0 spiro atoms. The van der Waals surface area contributed by atoms with Gasteiger partial charge in [-0.2, -0.15) is 0 Å². The second-order valence-electron chi connectivity index (χ2n) is 1.85. The highest BCUT2D eigenvalue weighted by Crippen LogP contribution is 1.94. The van der Waals surface area contributed by atoms with E-state index in [0.29, 0.717) is 18.7 Å². The number of hydrogen-bond donors (Lipinski definition) is 0. The van der Waals surface area contributed by atoms with Crippen LogP contribution in [0.3, 0.4) is 0 Å². The maximum Gasteiger partial charge on any atom is 0.221 e. The Kier molecular flexibility index (Phi) is 15.4. The molecule has 0 saturated carbocycles. The summed E-state index contributed by atoms with van der Waals surface area (Å²) in [7, 11) is 0. The number of alkyl halides is 1. The first-order valence-corrected chi connectivity index (χ1v) is 4.34. The Morgan fingerprint density at radius 3 is 1.90 bits per heavy atom. The molecule has 0 bridgehead atoms. The maximum atomic E-state index is 9.91. The summed E-state index contributed by atoms with van der Waals surface area (Å²) in [5, 5.41) is -0.305. The van der Waals surface area contributed by atoms with Crippen molar-refractivity contribution in [3.8, 4) is 0 Å². The van der Waals surface area contributed by atoms with E-state index in [1.807, 2.05) is 0 Å². The van der Waals surface area contributed by atoms with Gasteiger partial charge >= 0.3 is 0 Å². The van der Waals surface area contributed by atoms with Crippen LogP contribution in [0.15, 0.2) is 0 Å². The molecular weight excluding hydrogens is 171 g/mol. The van der Waals surface area contributed by atoms with Crippen molar-refractivity contribution in [1.82, 2.24) is 0 Å². The number of carbonyl (C=O) groups is 1. The standard InChI is InChI=1S/C4H6Cl2O.C3H8/c5-3-1-2-4(6)7;1-3-2/h1-3H2;3H2,1-2H3. The van der Waals surface area contributed by atoms with Crippen LogP contribution in [-0.2, 0) is 4.79 Å². The van der Waals surface area contributed by atoms with Gasteiger partial charge in [-0.25, -0.2) is 0 Å². The molecule has 0 heterocycles.